The molecule has 132 valence electrons. The van der Waals surface area contributed by atoms with Gasteiger partial charge >= 0.3 is 59.1 Å². The van der Waals surface area contributed by atoms with E-state index in [1.165, 1.54) is 18.2 Å². The summed E-state index contributed by atoms with van der Waals surface area (Å²) in [5.41, 5.74) is 2.81. The molecule has 0 spiro atoms. The monoisotopic (exact) mass is 439 g/mol. The zero-order valence-electron chi connectivity index (χ0n) is 14.3. The molecule has 0 atom stereocenters. The summed E-state index contributed by atoms with van der Waals surface area (Å²) in [6, 6.07) is 4.95. The van der Waals surface area contributed by atoms with Crippen molar-refractivity contribution in [2.24, 2.45) is 0 Å². The number of aromatic nitrogens is 2. The van der Waals surface area contributed by atoms with Crippen molar-refractivity contribution < 1.29 is 90.1 Å². The smallest absolute Gasteiger partial charge is 0.766 e. The fourth-order valence-corrected chi connectivity index (χ4v) is 2.74. The van der Waals surface area contributed by atoms with Crippen LogP contribution in [0.2, 0.25) is 0 Å². The summed E-state index contributed by atoms with van der Waals surface area (Å²) < 4.78 is 55.4. The zero-order chi connectivity index (χ0) is 17.7. The van der Waals surface area contributed by atoms with Gasteiger partial charge in [0.05, 0.1) is 16.3 Å². The minimum atomic E-state index is -4.80. The van der Waals surface area contributed by atoms with Crippen LogP contribution in [0.15, 0.2) is 29.2 Å². The van der Waals surface area contributed by atoms with Crippen molar-refractivity contribution in [3.05, 3.63) is 30.0 Å². The second-order valence-corrected chi connectivity index (χ2v) is 6.36. The van der Waals surface area contributed by atoms with Crippen molar-refractivity contribution >= 4 is 40.3 Å². The molecule has 1 aromatic carbocycles. The molecule has 0 aliphatic heterocycles. The third kappa shape index (κ3) is 7.16. The molecule has 0 bridgehead atoms. The number of aryl methyl sites for hydroxylation is 1. The van der Waals surface area contributed by atoms with E-state index in [4.69, 9.17) is 4.18 Å². The van der Waals surface area contributed by atoms with E-state index < -0.39 is 15.0 Å². The first-order chi connectivity index (χ1) is 11.4. The minimum Gasteiger partial charge on any atom is -0.766 e. The number of anilines is 1. The fraction of sp³-hybridized carbons (Fsp3) is 0.182. The molecule has 1 N–H and O–H groups in total. The molecule has 1 aromatic heterocycles. The van der Waals surface area contributed by atoms with Crippen molar-refractivity contribution in [1.82, 2.24) is 9.78 Å². The van der Waals surface area contributed by atoms with Gasteiger partial charge in [0.1, 0.15) is 15.9 Å². The van der Waals surface area contributed by atoms with E-state index in [1.54, 1.807) is 13.2 Å². The maximum atomic E-state index is 11.5. The van der Waals surface area contributed by atoms with Crippen LogP contribution in [-0.4, -0.2) is 33.6 Å². The van der Waals surface area contributed by atoms with Gasteiger partial charge in [0.15, 0.2) is 5.82 Å². The maximum Gasteiger partial charge on any atom is 1.00 e. The van der Waals surface area contributed by atoms with Gasteiger partial charge < -0.3 is 13.3 Å². The summed E-state index contributed by atoms with van der Waals surface area (Å²) in [6.45, 7) is 1.65. The molecule has 0 saturated carbocycles. The van der Waals surface area contributed by atoms with E-state index in [0.717, 1.165) is 22.8 Å². The quantitative estimate of drug-likeness (QED) is 0.107. The molecule has 2 aromatic rings. The summed E-state index contributed by atoms with van der Waals surface area (Å²) in [6.07, 6.45) is 1.62. The van der Waals surface area contributed by atoms with Crippen LogP contribution in [-0.2, 0) is 19.4 Å². The average molecular weight is 439 g/mol. The molecule has 0 aliphatic rings. The second kappa shape index (κ2) is 12.2. The molecular formula is C11H11N3Na2O7S3. The first kappa shape index (κ1) is 26.5. The summed E-state index contributed by atoms with van der Waals surface area (Å²) in [4.78, 5) is 4.15. The van der Waals surface area contributed by atoms with Crippen molar-refractivity contribution in [1.29, 1.82) is 0 Å². The third-order valence-electron chi connectivity index (χ3n) is 2.64. The predicted octanol–water partition coefficient (Wildman–Crippen LogP) is -4.20. The van der Waals surface area contributed by atoms with Crippen molar-refractivity contribution in [2.45, 2.75) is 11.8 Å². The van der Waals surface area contributed by atoms with E-state index >= 15 is 0 Å². The van der Waals surface area contributed by atoms with Crippen LogP contribution in [0.5, 0.6) is 5.75 Å². The van der Waals surface area contributed by atoms with Crippen molar-refractivity contribution in [3.8, 4) is 11.4 Å². The number of hydrogen-bond donors (Lipinski definition) is 1. The van der Waals surface area contributed by atoms with Crippen molar-refractivity contribution in [3.63, 3.8) is 0 Å². The van der Waals surface area contributed by atoms with Crippen LogP contribution < -0.4 is 68.8 Å². The molecule has 26 heavy (non-hydrogen) atoms. The van der Waals surface area contributed by atoms with E-state index in [-0.39, 0.29) is 88.7 Å². The van der Waals surface area contributed by atoms with Crippen LogP contribution in [0.4, 0.5) is 5.82 Å². The Labute approximate surface area is 203 Å². The number of hydrogen-bond acceptors (Lipinski definition) is 11. The standard InChI is InChI=1S/C11H13N3O7S3.2Na/c1-7-5-11(13-20-21-22-2)14(12-7)9-6-8(19-23-15)3-4-10(9)24(16,17)18;;/h3-6,13,15H,1-2H3,(H,16,17,18);;/q;2*+1/p-2. The number of rotatable bonds is 8. The number of nitrogens with zero attached hydrogens (tertiary/aromatic N) is 2. The van der Waals surface area contributed by atoms with E-state index in [9.17, 15) is 17.5 Å². The van der Waals surface area contributed by atoms with Crippen LogP contribution in [0.3, 0.4) is 0 Å². The number of benzene rings is 1. The maximum absolute atomic E-state index is 11.5. The van der Waals surface area contributed by atoms with Gasteiger partial charge in [0, 0.05) is 30.4 Å². The molecule has 0 radical (unpaired) electrons. The Morgan fingerprint density at radius 2 is 1.96 bits per heavy atom. The summed E-state index contributed by atoms with van der Waals surface area (Å²) in [7, 11) is -4.80. The van der Waals surface area contributed by atoms with Gasteiger partial charge in [-0.05, 0) is 31.4 Å². The largest absolute Gasteiger partial charge is 1.00 e. The molecule has 2 rings (SSSR count). The van der Waals surface area contributed by atoms with Gasteiger partial charge in [-0.3, -0.25) is 0 Å². The Kier molecular flexibility index (Phi) is 12.4. The minimum absolute atomic E-state index is 0. The Morgan fingerprint density at radius 1 is 1.27 bits per heavy atom. The van der Waals surface area contributed by atoms with Gasteiger partial charge in [-0.2, -0.15) is 5.10 Å². The predicted molar refractivity (Wildman–Crippen MR) is 84.6 cm³/mol. The first-order valence-electron chi connectivity index (χ1n) is 6.12. The summed E-state index contributed by atoms with van der Waals surface area (Å²) in [5, 5.41) is 4.10. The SMILES string of the molecule is CSOONc1cc(C)nn1-c1cc(OS[O-])ccc1S(=O)(=O)[O-].[Na+].[Na+]. The molecule has 0 saturated heterocycles. The van der Waals surface area contributed by atoms with Crippen LogP contribution in [0, 0.1) is 6.92 Å². The molecular weight excluding hydrogens is 428 g/mol. The van der Waals surface area contributed by atoms with Gasteiger partial charge in [0.2, 0.25) is 0 Å². The Balaban J connectivity index is 0.00000312. The van der Waals surface area contributed by atoms with Crippen molar-refractivity contribution in [2.75, 3.05) is 11.7 Å². The zero-order valence-corrected chi connectivity index (χ0v) is 20.7. The topological polar surface area (TPSA) is 138 Å². The van der Waals surface area contributed by atoms with Gasteiger partial charge in [-0.15, -0.1) is 9.32 Å². The molecule has 15 heteroatoms. The summed E-state index contributed by atoms with van der Waals surface area (Å²) >= 11 is 0.756. The fourth-order valence-electron chi connectivity index (χ4n) is 1.81. The normalized spacial score (nSPS) is 10.6. The van der Waals surface area contributed by atoms with E-state index in [2.05, 4.69) is 19.9 Å². The molecule has 0 amide bonds. The second-order valence-electron chi connectivity index (χ2n) is 4.24. The average Bonchev–Trinajstić information content (AvgIpc) is 2.87. The Morgan fingerprint density at radius 3 is 2.54 bits per heavy atom. The molecule has 0 aliphatic carbocycles. The summed E-state index contributed by atoms with van der Waals surface area (Å²) in [5.74, 6) is 0.246. The molecule has 0 unspecified atom stereocenters. The third-order valence-corrected chi connectivity index (χ3v) is 3.99. The molecule has 0 fully saturated rings. The molecule has 1 heterocycles. The van der Waals surface area contributed by atoms with E-state index in [1.807, 2.05) is 0 Å². The number of nitrogens with one attached hydrogen (secondary N) is 1. The van der Waals surface area contributed by atoms with Crippen LogP contribution in [0.25, 0.3) is 5.69 Å². The first-order valence-corrected chi connectivity index (χ1v) is 9.35. The van der Waals surface area contributed by atoms with Gasteiger partial charge in [0.25, 0.3) is 0 Å². The van der Waals surface area contributed by atoms with Gasteiger partial charge in [-0.25, -0.2) is 18.6 Å². The Bertz CT molecular complexity index is 819. The van der Waals surface area contributed by atoms with E-state index in [0.29, 0.717) is 5.69 Å². The Hall–Kier alpha value is 0.520. The molecule has 10 nitrogen and oxygen atoms in total. The van der Waals surface area contributed by atoms with Crippen LogP contribution in [0.1, 0.15) is 5.69 Å². The van der Waals surface area contributed by atoms with Gasteiger partial charge in [-0.1, -0.05) is 0 Å². The van der Waals surface area contributed by atoms with Crippen LogP contribution >= 0.6 is 24.4 Å².